The molecular weight excluding hydrogens is 344 g/mol. The molecule has 2 rings (SSSR count). The molecule has 0 saturated heterocycles. The number of aliphatic hydroxyl groups excluding tert-OH is 1. The predicted octanol–water partition coefficient (Wildman–Crippen LogP) is 1.15. The van der Waals surface area contributed by atoms with Crippen molar-refractivity contribution in [2.45, 2.75) is 12.8 Å². The molecule has 138 valence electrons. The lowest BCUT2D eigenvalue weighted by Crippen LogP contribution is -2.34. The average molecular weight is 362 g/mol. The third-order valence-corrected chi connectivity index (χ3v) is 4.03. The van der Waals surface area contributed by atoms with Crippen molar-refractivity contribution in [3.05, 3.63) is 62.5 Å². The summed E-state index contributed by atoms with van der Waals surface area (Å²) in [5.74, 6) is -2.46. The van der Waals surface area contributed by atoms with E-state index in [2.05, 4.69) is 5.32 Å². The number of carbonyl (C=O) groups excluding carboxylic acids is 2. The van der Waals surface area contributed by atoms with E-state index in [1.165, 1.54) is 25.3 Å². The normalized spacial score (nSPS) is 16.8. The maximum atomic E-state index is 12.4. The highest BCUT2D eigenvalue weighted by Crippen LogP contribution is 2.39. The molecule has 0 fully saturated rings. The number of esters is 2. The minimum Gasteiger partial charge on any atom is -0.466 e. The summed E-state index contributed by atoms with van der Waals surface area (Å²) in [7, 11) is 2.36. The molecule has 0 aliphatic carbocycles. The number of nitrogens with one attached hydrogen (secondary N) is 1. The predicted molar refractivity (Wildman–Crippen MR) is 89.8 cm³/mol. The zero-order valence-corrected chi connectivity index (χ0v) is 14.4. The van der Waals surface area contributed by atoms with E-state index in [9.17, 15) is 24.8 Å². The molecule has 9 nitrogen and oxygen atoms in total. The van der Waals surface area contributed by atoms with Crippen LogP contribution in [0.4, 0.5) is 5.69 Å². The highest BCUT2D eigenvalue weighted by Gasteiger charge is 2.38. The third-order valence-electron chi connectivity index (χ3n) is 4.03. The van der Waals surface area contributed by atoms with Gasteiger partial charge in [0.2, 0.25) is 0 Å². The second-order valence-corrected chi connectivity index (χ2v) is 5.48. The fourth-order valence-corrected chi connectivity index (χ4v) is 2.90. The van der Waals surface area contributed by atoms with Crippen LogP contribution in [-0.2, 0) is 19.1 Å². The maximum Gasteiger partial charge on any atom is 0.336 e. The van der Waals surface area contributed by atoms with E-state index >= 15 is 0 Å². The molecule has 0 amide bonds. The molecule has 0 spiro atoms. The van der Waals surface area contributed by atoms with Gasteiger partial charge in [-0.05, 0) is 12.5 Å². The number of non-ortho nitro benzene ring substituents is 1. The Morgan fingerprint density at radius 3 is 2.38 bits per heavy atom. The highest BCUT2D eigenvalue weighted by atomic mass is 16.6. The van der Waals surface area contributed by atoms with Gasteiger partial charge in [0, 0.05) is 17.8 Å². The molecular formula is C17H18N2O7. The smallest absolute Gasteiger partial charge is 0.336 e. The van der Waals surface area contributed by atoms with Gasteiger partial charge in [0.1, 0.15) is 0 Å². The number of methoxy groups -OCH3 is 2. The van der Waals surface area contributed by atoms with Gasteiger partial charge in [-0.2, -0.15) is 0 Å². The Kier molecular flexibility index (Phi) is 5.73. The van der Waals surface area contributed by atoms with Crippen molar-refractivity contribution in [1.82, 2.24) is 5.32 Å². The molecule has 9 heteroatoms. The van der Waals surface area contributed by atoms with Crippen LogP contribution < -0.4 is 5.32 Å². The quantitative estimate of drug-likeness (QED) is 0.453. The Bertz CT molecular complexity index is 826. The van der Waals surface area contributed by atoms with E-state index in [0.29, 0.717) is 11.3 Å². The number of hydrogen-bond donors (Lipinski definition) is 2. The molecule has 1 aromatic carbocycles. The zero-order valence-electron chi connectivity index (χ0n) is 14.4. The topological polar surface area (TPSA) is 128 Å². The molecule has 1 aliphatic heterocycles. The van der Waals surface area contributed by atoms with Crippen molar-refractivity contribution in [1.29, 1.82) is 0 Å². The molecule has 26 heavy (non-hydrogen) atoms. The van der Waals surface area contributed by atoms with E-state index in [1.54, 1.807) is 13.0 Å². The van der Waals surface area contributed by atoms with Gasteiger partial charge in [-0.15, -0.1) is 0 Å². The number of carbonyl (C=O) groups is 2. The maximum absolute atomic E-state index is 12.4. The monoisotopic (exact) mass is 362 g/mol. The Labute approximate surface area is 149 Å². The standard InChI is InChI=1S/C17H18N2O7/c1-9-13(16(21)25-2)14(10-5-4-6-11(7-10)19(23)24)15(17(22)26-3)12(8-20)18-9/h4-7,14,18,20H,8H2,1-3H3. The van der Waals surface area contributed by atoms with Crippen LogP contribution in [-0.4, -0.2) is 42.8 Å². The summed E-state index contributed by atoms with van der Waals surface area (Å²) in [6, 6.07) is 5.57. The number of allylic oxidation sites excluding steroid dienone is 1. The molecule has 0 radical (unpaired) electrons. The van der Waals surface area contributed by atoms with Gasteiger partial charge in [-0.3, -0.25) is 10.1 Å². The van der Waals surface area contributed by atoms with E-state index in [0.717, 1.165) is 7.11 Å². The number of nitro groups is 1. The van der Waals surface area contributed by atoms with E-state index in [1.807, 2.05) is 0 Å². The van der Waals surface area contributed by atoms with Crippen LogP contribution in [0.2, 0.25) is 0 Å². The van der Waals surface area contributed by atoms with Gasteiger partial charge in [-0.1, -0.05) is 12.1 Å². The van der Waals surface area contributed by atoms with Crippen LogP contribution in [0, 0.1) is 10.1 Å². The van der Waals surface area contributed by atoms with Crippen molar-refractivity contribution in [3.63, 3.8) is 0 Å². The second-order valence-electron chi connectivity index (χ2n) is 5.48. The number of ether oxygens (including phenoxy) is 2. The lowest BCUT2D eigenvalue weighted by atomic mass is 9.80. The molecule has 1 unspecified atom stereocenters. The van der Waals surface area contributed by atoms with Crippen molar-refractivity contribution in [2.24, 2.45) is 0 Å². The van der Waals surface area contributed by atoms with Crippen molar-refractivity contribution >= 4 is 17.6 Å². The Morgan fingerprint density at radius 2 is 1.85 bits per heavy atom. The summed E-state index contributed by atoms with van der Waals surface area (Å²) >= 11 is 0. The van der Waals surface area contributed by atoms with E-state index < -0.39 is 29.4 Å². The van der Waals surface area contributed by atoms with Crippen LogP contribution in [0.5, 0.6) is 0 Å². The fraction of sp³-hybridized carbons (Fsp3) is 0.294. The SMILES string of the molecule is COC(=O)C1=C(C)NC(CO)=C(C(=O)OC)C1c1cccc([N+](=O)[O-])c1. The van der Waals surface area contributed by atoms with Crippen LogP contribution in [0.25, 0.3) is 0 Å². The summed E-state index contributed by atoms with van der Waals surface area (Å²) in [4.78, 5) is 35.2. The molecule has 0 saturated carbocycles. The van der Waals surface area contributed by atoms with Crippen LogP contribution in [0.1, 0.15) is 18.4 Å². The minimum atomic E-state index is -0.988. The van der Waals surface area contributed by atoms with Crippen molar-refractivity contribution in [2.75, 3.05) is 20.8 Å². The number of nitro benzene ring substituents is 1. The number of rotatable bonds is 5. The summed E-state index contributed by atoms with van der Waals surface area (Å²) < 4.78 is 9.60. The summed E-state index contributed by atoms with van der Waals surface area (Å²) in [5, 5.41) is 23.6. The van der Waals surface area contributed by atoms with Crippen molar-refractivity contribution in [3.8, 4) is 0 Å². The van der Waals surface area contributed by atoms with Gasteiger partial charge in [-0.25, -0.2) is 9.59 Å². The van der Waals surface area contributed by atoms with Crippen LogP contribution >= 0.6 is 0 Å². The lowest BCUT2D eigenvalue weighted by Gasteiger charge is -2.30. The first-order valence-corrected chi connectivity index (χ1v) is 7.58. The van der Waals surface area contributed by atoms with E-state index in [4.69, 9.17) is 9.47 Å². The number of aliphatic hydroxyl groups is 1. The largest absolute Gasteiger partial charge is 0.466 e. The molecule has 1 aliphatic rings. The van der Waals surface area contributed by atoms with E-state index in [-0.39, 0.29) is 22.5 Å². The number of nitrogens with zero attached hydrogens (tertiary/aromatic N) is 1. The minimum absolute atomic E-state index is 0.0125. The summed E-state index contributed by atoms with van der Waals surface area (Å²) in [6.07, 6.45) is 0. The van der Waals surface area contributed by atoms with Gasteiger partial charge in [0.05, 0.1) is 48.5 Å². The Morgan fingerprint density at radius 1 is 1.23 bits per heavy atom. The number of dihydropyridines is 1. The average Bonchev–Trinajstić information content (AvgIpc) is 2.65. The summed E-state index contributed by atoms with van der Waals surface area (Å²) in [5.41, 5.74) is 0.736. The first-order chi connectivity index (χ1) is 12.3. The molecule has 1 atom stereocenters. The Balaban J connectivity index is 2.76. The molecule has 1 aromatic rings. The van der Waals surface area contributed by atoms with Gasteiger partial charge in [0.15, 0.2) is 0 Å². The second kappa shape index (κ2) is 7.79. The molecule has 0 aromatic heterocycles. The molecule has 2 N–H and O–H groups in total. The third kappa shape index (κ3) is 3.42. The van der Waals surface area contributed by atoms with Gasteiger partial charge >= 0.3 is 11.9 Å². The van der Waals surface area contributed by atoms with Crippen LogP contribution in [0.15, 0.2) is 46.8 Å². The summed E-state index contributed by atoms with van der Waals surface area (Å²) in [6.45, 7) is 1.07. The Hall–Kier alpha value is -3.20. The first-order valence-electron chi connectivity index (χ1n) is 7.58. The lowest BCUT2D eigenvalue weighted by molar-refractivity contribution is -0.384. The zero-order chi connectivity index (χ0) is 19.4. The first kappa shape index (κ1) is 19.1. The number of benzene rings is 1. The fourth-order valence-electron chi connectivity index (χ4n) is 2.90. The number of hydrogen-bond acceptors (Lipinski definition) is 8. The molecule has 1 heterocycles. The van der Waals surface area contributed by atoms with Crippen LogP contribution in [0.3, 0.4) is 0 Å². The van der Waals surface area contributed by atoms with Gasteiger partial charge in [0.25, 0.3) is 5.69 Å². The molecule has 0 bridgehead atoms. The van der Waals surface area contributed by atoms with Gasteiger partial charge < -0.3 is 19.9 Å². The highest BCUT2D eigenvalue weighted by molar-refractivity contribution is 5.99. The van der Waals surface area contributed by atoms with Crippen molar-refractivity contribution < 1.29 is 29.1 Å².